The van der Waals surface area contributed by atoms with Crippen LogP contribution in [-0.4, -0.2) is 11.7 Å². The molecular weight excluding hydrogens is 267 g/mol. The van der Waals surface area contributed by atoms with Gasteiger partial charge in [0.15, 0.2) is 0 Å². The standard InChI is InChI=1S/C17H13FN2O/c1-21-15-3-5-17-13(9-15)6-7-20(17)11-14-8-12(10-19)2-4-16(14)18/h2-9H,11H2,1H3. The van der Waals surface area contributed by atoms with Crippen molar-refractivity contribution in [3.05, 3.63) is 65.6 Å². The molecular formula is C17H13FN2O. The highest BCUT2D eigenvalue weighted by molar-refractivity contribution is 5.81. The minimum atomic E-state index is -0.302. The molecule has 0 fully saturated rings. The first kappa shape index (κ1) is 13.2. The molecule has 0 saturated heterocycles. The molecule has 0 radical (unpaired) electrons. The molecule has 2 aromatic carbocycles. The van der Waals surface area contributed by atoms with Crippen molar-refractivity contribution in [2.75, 3.05) is 7.11 Å². The minimum Gasteiger partial charge on any atom is -0.497 e. The number of benzene rings is 2. The Hall–Kier alpha value is -2.80. The second kappa shape index (κ2) is 5.29. The van der Waals surface area contributed by atoms with Crippen LogP contribution in [0, 0.1) is 17.1 Å². The van der Waals surface area contributed by atoms with Crippen LogP contribution in [0.25, 0.3) is 10.9 Å². The smallest absolute Gasteiger partial charge is 0.128 e. The first-order valence-electron chi connectivity index (χ1n) is 6.52. The zero-order chi connectivity index (χ0) is 14.8. The molecule has 21 heavy (non-hydrogen) atoms. The van der Waals surface area contributed by atoms with Crippen molar-refractivity contribution in [3.8, 4) is 11.8 Å². The molecule has 0 atom stereocenters. The van der Waals surface area contributed by atoms with Gasteiger partial charge >= 0.3 is 0 Å². The fraction of sp³-hybridized carbons (Fsp3) is 0.118. The van der Waals surface area contributed by atoms with E-state index >= 15 is 0 Å². The Morgan fingerprint density at radius 2 is 2.05 bits per heavy atom. The second-order valence-electron chi connectivity index (χ2n) is 4.79. The van der Waals surface area contributed by atoms with Crippen LogP contribution >= 0.6 is 0 Å². The third kappa shape index (κ3) is 2.46. The number of methoxy groups -OCH3 is 1. The molecule has 0 spiro atoms. The van der Waals surface area contributed by atoms with Crippen LogP contribution in [0.2, 0.25) is 0 Å². The summed E-state index contributed by atoms with van der Waals surface area (Å²) in [5.41, 5.74) is 1.96. The van der Waals surface area contributed by atoms with Crippen LogP contribution in [0.5, 0.6) is 5.75 Å². The number of aromatic nitrogens is 1. The van der Waals surface area contributed by atoms with Gasteiger partial charge in [0.25, 0.3) is 0 Å². The number of rotatable bonds is 3. The molecule has 0 aliphatic heterocycles. The summed E-state index contributed by atoms with van der Waals surface area (Å²) in [5.74, 6) is 0.488. The summed E-state index contributed by atoms with van der Waals surface area (Å²) in [4.78, 5) is 0. The lowest BCUT2D eigenvalue weighted by atomic mass is 10.1. The van der Waals surface area contributed by atoms with Crippen LogP contribution in [0.3, 0.4) is 0 Å². The van der Waals surface area contributed by atoms with Crippen molar-refractivity contribution in [3.63, 3.8) is 0 Å². The number of nitrogens with zero attached hydrogens (tertiary/aromatic N) is 2. The van der Waals surface area contributed by atoms with Crippen molar-refractivity contribution in [1.29, 1.82) is 5.26 Å². The molecule has 0 saturated carbocycles. The third-order valence-corrected chi connectivity index (χ3v) is 3.49. The van der Waals surface area contributed by atoms with Gasteiger partial charge in [-0.25, -0.2) is 4.39 Å². The first-order chi connectivity index (χ1) is 10.2. The largest absolute Gasteiger partial charge is 0.497 e. The Balaban J connectivity index is 2.01. The highest BCUT2D eigenvalue weighted by Gasteiger charge is 2.07. The fourth-order valence-electron chi connectivity index (χ4n) is 2.39. The van der Waals surface area contributed by atoms with E-state index in [1.807, 2.05) is 41.1 Å². The summed E-state index contributed by atoms with van der Waals surface area (Å²) >= 11 is 0. The van der Waals surface area contributed by atoms with Crippen LogP contribution in [0.4, 0.5) is 4.39 Å². The number of fused-ring (bicyclic) bond motifs is 1. The summed E-state index contributed by atoms with van der Waals surface area (Å²) < 4.78 is 21.0. The molecule has 4 heteroatoms. The fourth-order valence-corrected chi connectivity index (χ4v) is 2.39. The van der Waals surface area contributed by atoms with Crippen molar-refractivity contribution >= 4 is 10.9 Å². The highest BCUT2D eigenvalue weighted by atomic mass is 19.1. The topological polar surface area (TPSA) is 38.0 Å². The lowest BCUT2D eigenvalue weighted by molar-refractivity contribution is 0.415. The van der Waals surface area contributed by atoms with Crippen LogP contribution < -0.4 is 4.74 Å². The van der Waals surface area contributed by atoms with E-state index < -0.39 is 0 Å². The average molecular weight is 280 g/mol. The maximum atomic E-state index is 13.9. The van der Waals surface area contributed by atoms with Crippen molar-refractivity contribution in [1.82, 2.24) is 4.57 Å². The predicted octanol–water partition coefficient (Wildman–Crippen LogP) is 3.71. The van der Waals surface area contributed by atoms with Gasteiger partial charge in [0.1, 0.15) is 11.6 Å². The molecule has 3 rings (SSSR count). The van der Waals surface area contributed by atoms with Crippen molar-refractivity contribution < 1.29 is 9.13 Å². The van der Waals surface area contributed by atoms with Gasteiger partial charge in [-0.05, 0) is 42.5 Å². The Bertz CT molecular complexity index is 846. The Morgan fingerprint density at radius 1 is 1.19 bits per heavy atom. The zero-order valence-electron chi connectivity index (χ0n) is 11.5. The van der Waals surface area contributed by atoms with E-state index in [-0.39, 0.29) is 5.82 Å². The number of hydrogen-bond donors (Lipinski definition) is 0. The number of ether oxygens (including phenoxy) is 1. The summed E-state index contributed by atoms with van der Waals surface area (Å²) in [6.45, 7) is 0.386. The van der Waals surface area contributed by atoms with Crippen LogP contribution in [-0.2, 0) is 6.54 Å². The molecule has 104 valence electrons. The molecule has 3 nitrogen and oxygen atoms in total. The molecule has 0 aliphatic rings. The predicted molar refractivity (Wildman–Crippen MR) is 78.7 cm³/mol. The van der Waals surface area contributed by atoms with Gasteiger partial charge in [0.2, 0.25) is 0 Å². The molecule has 1 aromatic heterocycles. The molecule has 1 heterocycles. The van der Waals surface area contributed by atoms with Crippen molar-refractivity contribution in [2.24, 2.45) is 0 Å². The average Bonchev–Trinajstić information content (AvgIpc) is 2.91. The molecule has 0 unspecified atom stereocenters. The van der Waals surface area contributed by atoms with E-state index in [9.17, 15) is 4.39 Å². The van der Waals surface area contributed by atoms with Crippen LogP contribution in [0.15, 0.2) is 48.7 Å². The summed E-state index contributed by atoms with van der Waals surface area (Å²) in [7, 11) is 1.63. The van der Waals surface area contributed by atoms with E-state index in [0.29, 0.717) is 17.7 Å². The maximum Gasteiger partial charge on any atom is 0.128 e. The second-order valence-corrected chi connectivity index (χ2v) is 4.79. The summed E-state index contributed by atoms with van der Waals surface area (Å²) in [5, 5.41) is 9.95. The van der Waals surface area contributed by atoms with Gasteiger partial charge in [-0.3, -0.25) is 0 Å². The SMILES string of the molecule is COc1ccc2c(ccn2Cc2cc(C#N)ccc2F)c1. The van der Waals surface area contributed by atoms with E-state index in [4.69, 9.17) is 10.00 Å². The highest BCUT2D eigenvalue weighted by Crippen LogP contribution is 2.23. The summed E-state index contributed by atoms with van der Waals surface area (Å²) in [6, 6.07) is 14.2. The number of nitriles is 1. The van der Waals surface area contributed by atoms with Gasteiger partial charge < -0.3 is 9.30 Å². The van der Waals surface area contributed by atoms with Crippen LogP contribution in [0.1, 0.15) is 11.1 Å². The number of hydrogen-bond acceptors (Lipinski definition) is 2. The van der Waals surface area contributed by atoms with E-state index in [0.717, 1.165) is 16.7 Å². The lowest BCUT2D eigenvalue weighted by Gasteiger charge is -2.08. The number of halogens is 1. The quantitative estimate of drug-likeness (QED) is 0.733. The van der Waals surface area contributed by atoms with Gasteiger partial charge in [-0.1, -0.05) is 0 Å². The van der Waals surface area contributed by atoms with Gasteiger partial charge in [0, 0.05) is 22.7 Å². The monoisotopic (exact) mass is 280 g/mol. The Kier molecular flexibility index (Phi) is 3.33. The Morgan fingerprint density at radius 3 is 2.81 bits per heavy atom. The third-order valence-electron chi connectivity index (χ3n) is 3.49. The summed E-state index contributed by atoms with van der Waals surface area (Å²) in [6.07, 6.45) is 1.91. The molecule has 0 bridgehead atoms. The maximum absolute atomic E-state index is 13.9. The van der Waals surface area contributed by atoms with E-state index in [1.165, 1.54) is 12.1 Å². The molecule has 0 aliphatic carbocycles. The lowest BCUT2D eigenvalue weighted by Crippen LogP contribution is -2.01. The van der Waals surface area contributed by atoms with E-state index in [1.54, 1.807) is 13.2 Å². The van der Waals surface area contributed by atoms with Gasteiger partial charge in [0.05, 0.1) is 25.3 Å². The minimum absolute atomic E-state index is 0.302. The van der Waals surface area contributed by atoms with Crippen molar-refractivity contribution in [2.45, 2.75) is 6.54 Å². The zero-order valence-corrected chi connectivity index (χ0v) is 11.5. The van der Waals surface area contributed by atoms with Gasteiger partial charge in [-0.2, -0.15) is 5.26 Å². The van der Waals surface area contributed by atoms with Gasteiger partial charge in [-0.15, -0.1) is 0 Å². The Labute approximate surface area is 121 Å². The molecule has 0 N–H and O–H groups in total. The molecule has 3 aromatic rings. The molecule has 0 amide bonds. The normalized spacial score (nSPS) is 10.5. The first-order valence-corrected chi connectivity index (χ1v) is 6.52. The van der Waals surface area contributed by atoms with E-state index in [2.05, 4.69) is 0 Å².